The minimum absolute atomic E-state index is 0.459. The maximum atomic E-state index is 8.89. The number of benzene rings is 1. The molecule has 74 valence electrons. The quantitative estimate of drug-likeness (QED) is 0.695. The molecule has 0 aliphatic carbocycles. The summed E-state index contributed by atoms with van der Waals surface area (Å²) in [6, 6.07) is 5.61. The van der Waals surface area contributed by atoms with Crippen molar-refractivity contribution in [2.45, 2.75) is 6.92 Å². The number of nitrogen functional groups attached to an aromatic ring is 1. The molecule has 0 radical (unpaired) electrons. The third kappa shape index (κ3) is 1.53. The van der Waals surface area contributed by atoms with Crippen LogP contribution < -0.4 is 5.73 Å². The van der Waals surface area contributed by atoms with E-state index in [-0.39, 0.29) is 0 Å². The highest BCUT2D eigenvalue weighted by Gasteiger charge is 2.06. The molecule has 2 rings (SSSR count). The summed E-state index contributed by atoms with van der Waals surface area (Å²) in [5.41, 5.74) is 8.37. The van der Waals surface area contributed by atoms with Gasteiger partial charge in [0.15, 0.2) is 0 Å². The standard InChI is InChI=1S/C10H9N5/c1-7-2-9(15-6-13-5-14-15)3-8(4-11)10(7)12/h2-3,5-6H,12H2,1H3. The van der Waals surface area contributed by atoms with Crippen molar-refractivity contribution in [1.29, 1.82) is 5.26 Å². The molecule has 15 heavy (non-hydrogen) atoms. The highest BCUT2D eigenvalue weighted by Crippen LogP contribution is 2.20. The fourth-order valence-electron chi connectivity index (χ4n) is 1.35. The number of nitrogens with two attached hydrogens (primary N) is 1. The second kappa shape index (κ2) is 3.42. The number of nitriles is 1. The summed E-state index contributed by atoms with van der Waals surface area (Å²) in [6.07, 6.45) is 3.02. The van der Waals surface area contributed by atoms with Crippen LogP contribution in [0.2, 0.25) is 0 Å². The van der Waals surface area contributed by atoms with Gasteiger partial charge in [0.2, 0.25) is 0 Å². The molecule has 0 fully saturated rings. The van der Waals surface area contributed by atoms with Gasteiger partial charge in [-0.2, -0.15) is 10.4 Å². The predicted molar refractivity (Wildman–Crippen MR) is 55.2 cm³/mol. The van der Waals surface area contributed by atoms with Crippen LogP contribution in [0.25, 0.3) is 5.69 Å². The van der Waals surface area contributed by atoms with Crippen molar-refractivity contribution in [3.63, 3.8) is 0 Å². The molecule has 0 aliphatic rings. The Hall–Kier alpha value is -2.35. The van der Waals surface area contributed by atoms with Crippen LogP contribution in [0.5, 0.6) is 0 Å². The summed E-state index contributed by atoms with van der Waals surface area (Å²) >= 11 is 0. The lowest BCUT2D eigenvalue weighted by Gasteiger charge is -2.06. The zero-order valence-corrected chi connectivity index (χ0v) is 8.18. The van der Waals surface area contributed by atoms with E-state index in [9.17, 15) is 0 Å². The van der Waals surface area contributed by atoms with Crippen LogP contribution in [0.1, 0.15) is 11.1 Å². The van der Waals surface area contributed by atoms with Gasteiger partial charge in [0.1, 0.15) is 18.7 Å². The van der Waals surface area contributed by atoms with Crippen molar-refractivity contribution in [3.8, 4) is 11.8 Å². The zero-order valence-electron chi connectivity index (χ0n) is 8.18. The van der Waals surface area contributed by atoms with E-state index in [2.05, 4.69) is 16.2 Å². The summed E-state index contributed by atoms with van der Waals surface area (Å²) in [5.74, 6) is 0. The second-order valence-corrected chi connectivity index (χ2v) is 3.18. The number of aryl methyl sites for hydroxylation is 1. The Balaban J connectivity index is 2.62. The Bertz CT molecular complexity index is 521. The van der Waals surface area contributed by atoms with Crippen LogP contribution in [0, 0.1) is 18.3 Å². The molecule has 0 unspecified atom stereocenters. The van der Waals surface area contributed by atoms with Crippen LogP contribution in [0.3, 0.4) is 0 Å². The van der Waals surface area contributed by atoms with Crippen molar-refractivity contribution in [2.75, 3.05) is 5.73 Å². The molecule has 0 aliphatic heterocycles. The van der Waals surface area contributed by atoms with Crippen molar-refractivity contribution in [2.24, 2.45) is 0 Å². The summed E-state index contributed by atoms with van der Waals surface area (Å²) in [5, 5.41) is 12.9. The molecule has 2 aromatic rings. The SMILES string of the molecule is Cc1cc(-n2cncn2)cc(C#N)c1N. The Morgan fingerprint density at radius 3 is 2.87 bits per heavy atom. The molecule has 1 heterocycles. The first kappa shape index (κ1) is 9.21. The maximum Gasteiger partial charge on any atom is 0.138 e. The van der Waals surface area contributed by atoms with Crippen LogP contribution in [-0.4, -0.2) is 14.8 Å². The molecule has 0 bridgehead atoms. The molecule has 0 amide bonds. The van der Waals surface area contributed by atoms with Gasteiger partial charge < -0.3 is 5.73 Å². The van der Waals surface area contributed by atoms with E-state index in [1.54, 1.807) is 17.1 Å². The molecule has 1 aromatic heterocycles. The highest BCUT2D eigenvalue weighted by molar-refractivity contribution is 5.63. The minimum Gasteiger partial charge on any atom is -0.397 e. The third-order valence-corrected chi connectivity index (χ3v) is 2.18. The third-order valence-electron chi connectivity index (χ3n) is 2.18. The molecule has 0 saturated heterocycles. The lowest BCUT2D eigenvalue weighted by atomic mass is 10.1. The first-order chi connectivity index (χ1) is 7.22. The van der Waals surface area contributed by atoms with Gasteiger partial charge in [0.25, 0.3) is 0 Å². The van der Waals surface area contributed by atoms with Gasteiger partial charge in [0.05, 0.1) is 16.9 Å². The van der Waals surface area contributed by atoms with E-state index in [0.717, 1.165) is 11.3 Å². The zero-order chi connectivity index (χ0) is 10.8. The molecule has 0 saturated carbocycles. The molecule has 5 nitrogen and oxygen atoms in total. The number of anilines is 1. The first-order valence-electron chi connectivity index (χ1n) is 4.37. The fourth-order valence-corrected chi connectivity index (χ4v) is 1.35. The van der Waals surface area contributed by atoms with E-state index >= 15 is 0 Å². The molecule has 0 spiro atoms. The van der Waals surface area contributed by atoms with Gasteiger partial charge in [-0.25, -0.2) is 9.67 Å². The summed E-state index contributed by atoms with van der Waals surface area (Å²) in [4.78, 5) is 3.84. The smallest absolute Gasteiger partial charge is 0.138 e. The van der Waals surface area contributed by atoms with E-state index < -0.39 is 0 Å². The van der Waals surface area contributed by atoms with Crippen LogP contribution >= 0.6 is 0 Å². The molecule has 2 N–H and O–H groups in total. The molecular formula is C10H9N5. The van der Waals surface area contributed by atoms with Gasteiger partial charge >= 0.3 is 0 Å². The van der Waals surface area contributed by atoms with Crippen LogP contribution in [0.15, 0.2) is 24.8 Å². The molecule has 1 aromatic carbocycles. The van der Waals surface area contributed by atoms with Gasteiger partial charge in [0, 0.05) is 0 Å². The predicted octanol–water partition coefficient (Wildman–Crippen LogP) is 1.03. The number of rotatable bonds is 1. The van der Waals surface area contributed by atoms with Gasteiger partial charge in [-0.15, -0.1) is 0 Å². The molecular weight excluding hydrogens is 190 g/mol. The van der Waals surface area contributed by atoms with E-state index in [0.29, 0.717) is 11.3 Å². The number of nitrogens with zero attached hydrogens (tertiary/aromatic N) is 4. The normalized spacial score (nSPS) is 9.87. The lowest BCUT2D eigenvalue weighted by molar-refractivity contribution is 0.877. The first-order valence-corrected chi connectivity index (χ1v) is 4.37. The van der Waals surface area contributed by atoms with Crippen molar-refractivity contribution >= 4 is 5.69 Å². The molecule has 0 atom stereocenters. The van der Waals surface area contributed by atoms with Gasteiger partial charge in [-0.1, -0.05) is 0 Å². The minimum atomic E-state index is 0.459. The van der Waals surface area contributed by atoms with E-state index in [1.165, 1.54) is 6.33 Å². The van der Waals surface area contributed by atoms with Gasteiger partial charge in [-0.05, 0) is 24.6 Å². The summed E-state index contributed by atoms with van der Waals surface area (Å²) < 4.78 is 1.59. The van der Waals surface area contributed by atoms with Crippen LogP contribution in [-0.2, 0) is 0 Å². The molecule has 5 heteroatoms. The van der Waals surface area contributed by atoms with E-state index in [1.807, 2.05) is 13.0 Å². The number of hydrogen-bond donors (Lipinski definition) is 1. The Morgan fingerprint density at radius 2 is 2.27 bits per heavy atom. The Kier molecular flexibility index (Phi) is 2.10. The van der Waals surface area contributed by atoms with Crippen molar-refractivity contribution in [1.82, 2.24) is 14.8 Å². The average Bonchev–Trinajstić information content (AvgIpc) is 2.75. The fraction of sp³-hybridized carbons (Fsp3) is 0.100. The monoisotopic (exact) mass is 199 g/mol. The topological polar surface area (TPSA) is 80.5 Å². The van der Waals surface area contributed by atoms with E-state index in [4.69, 9.17) is 11.0 Å². The van der Waals surface area contributed by atoms with Crippen molar-refractivity contribution < 1.29 is 0 Å². The van der Waals surface area contributed by atoms with Gasteiger partial charge in [-0.3, -0.25) is 0 Å². The average molecular weight is 199 g/mol. The largest absolute Gasteiger partial charge is 0.397 e. The summed E-state index contributed by atoms with van der Waals surface area (Å²) in [6.45, 7) is 1.86. The van der Waals surface area contributed by atoms with Crippen LogP contribution in [0.4, 0.5) is 5.69 Å². The van der Waals surface area contributed by atoms with Crippen molar-refractivity contribution in [3.05, 3.63) is 35.9 Å². The Morgan fingerprint density at radius 1 is 1.47 bits per heavy atom. The number of aromatic nitrogens is 3. The summed E-state index contributed by atoms with van der Waals surface area (Å²) in [7, 11) is 0. The highest BCUT2D eigenvalue weighted by atomic mass is 15.3. The lowest BCUT2D eigenvalue weighted by Crippen LogP contribution is -2.00. The maximum absolute atomic E-state index is 8.89. The number of hydrogen-bond acceptors (Lipinski definition) is 4. The Labute approximate surface area is 86.8 Å². The second-order valence-electron chi connectivity index (χ2n) is 3.18.